The molecule has 1 atom stereocenters. The van der Waals surface area contributed by atoms with Crippen LogP contribution >= 0.6 is 0 Å². The van der Waals surface area contributed by atoms with E-state index in [-0.39, 0.29) is 31.1 Å². The SMILES string of the molecule is CC/C=C\C/C=C\C/C=C\C/C=C\CCCCCCC(=O)OC(COC(=O)CCCCCCC/C=C\CCCCCC)COC(=O)CCCCCCCCCCCCC/C=C\C/C=C\CCCCCCC. The quantitative estimate of drug-likeness (QED) is 0.0261. The lowest BCUT2D eigenvalue weighted by Gasteiger charge is -2.18. The number of unbranched alkanes of at least 4 members (excludes halogenated alkanes) is 29. The average Bonchev–Trinajstić information content (AvgIpc) is 3.37. The van der Waals surface area contributed by atoms with Gasteiger partial charge in [-0.2, -0.15) is 0 Å². The lowest BCUT2D eigenvalue weighted by molar-refractivity contribution is -0.167. The van der Waals surface area contributed by atoms with Crippen LogP contribution in [0.25, 0.3) is 0 Å². The fourth-order valence-electron chi connectivity index (χ4n) is 8.34. The summed E-state index contributed by atoms with van der Waals surface area (Å²) in [6.07, 6.45) is 77.2. The van der Waals surface area contributed by atoms with E-state index < -0.39 is 6.10 Å². The predicted molar refractivity (Wildman–Crippen MR) is 307 cm³/mol. The number of carbonyl (C=O) groups excluding carboxylic acids is 3. The third-order valence-electron chi connectivity index (χ3n) is 12.9. The Balaban J connectivity index is 4.36. The molecule has 71 heavy (non-hydrogen) atoms. The van der Waals surface area contributed by atoms with Crippen LogP contribution in [-0.2, 0) is 28.6 Å². The molecule has 6 nitrogen and oxygen atoms in total. The van der Waals surface area contributed by atoms with Crippen molar-refractivity contribution in [2.75, 3.05) is 13.2 Å². The minimum Gasteiger partial charge on any atom is -0.462 e. The van der Waals surface area contributed by atoms with Crippen LogP contribution < -0.4 is 0 Å². The average molecular weight is 990 g/mol. The van der Waals surface area contributed by atoms with Crippen LogP contribution in [0.2, 0.25) is 0 Å². The third-order valence-corrected chi connectivity index (χ3v) is 12.9. The van der Waals surface area contributed by atoms with E-state index in [0.29, 0.717) is 19.3 Å². The van der Waals surface area contributed by atoms with Gasteiger partial charge in [0, 0.05) is 19.3 Å². The maximum absolute atomic E-state index is 12.9. The van der Waals surface area contributed by atoms with E-state index in [1.165, 1.54) is 141 Å². The van der Waals surface area contributed by atoms with Crippen molar-refractivity contribution in [2.45, 2.75) is 297 Å². The minimum atomic E-state index is -0.794. The van der Waals surface area contributed by atoms with Crippen LogP contribution in [0.3, 0.4) is 0 Å². The Morgan fingerprint density at radius 2 is 0.549 bits per heavy atom. The first-order chi connectivity index (χ1) is 35.0. The Bertz CT molecular complexity index is 1370. The Kier molecular flexibility index (Phi) is 56.3. The van der Waals surface area contributed by atoms with Crippen molar-refractivity contribution in [3.05, 3.63) is 85.1 Å². The van der Waals surface area contributed by atoms with Gasteiger partial charge in [-0.15, -0.1) is 0 Å². The third kappa shape index (κ3) is 57.4. The summed E-state index contributed by atoms with van der Waals surface area (Å²) >= 11 is 0. The van der Waals surface area contributed by atoms with Gasteiger partial charge in [0.1, 0.15) is 13.2 Å². The summed E-state index contributed by atoms with van der Waals surface area (Å²) in [5.41, 5.74) is 0. The molecule has 0 spiro atoms. The Morgan fingerprint density at radius 1 is 0.296 bits per heavy atom. The Labute approximate surface area is 439 Å². The summed E-state index contributed by atoms with van der Waals surface area (Å²) in [7, 11) is 0. The zero-order chi connectivity index (χ0) is 51.4. The first kappa shape index (κ1) is 67.6. The zero-order valence-electron chi connectivity index (χ0n) is 46.7. The molecule has 1 unspecified atom stereocenters. The van der Waals surface area contributed by atoms with Crippen LogP contribution in [0, 0.1) is 0 Å². The van der Waals surface area contributed by atoms with Gasteiger partial charge >= 0.3 is 17.9 Å². The molecule has 0 N–H and O–H groups in total. The van der Waals surface area contributed by atoms with Gasteiger partial charge in [-0.3, -0.25) is 14.4 Å². The number of rotatable bonds is 54. The van der Waals surface area contributed by atoms with Gasteiger partial charge in [-0.25, -0.2) is 0 Å². The van der Waals surface area contributed by atoms with Crippen molar-refractivity contribution in [1.29, 1.82) is 0 Å². The van der Waals surface area contributed by atoms with Crippen LogP contribution in [0.15, 0.2) is 85.1 Å². The molecule has 0 saturated heterocycles. The summed E-state index contributed by atoms with van der Waals surface area (Å²) < 4.78 is 16.9. The van der Waals surface area contributed by atoms with Crippen molar-refractivity contribution in [3.63, 3.8) is 0 Å². The Morgan fingerprint density at radius 3 is 0.887 bits per heavy atom. The van der Waals surface area contributed by atoms with Crippen molar-refractivity contribution in [1.82, 2.24) is 0 Å². The van der Waals surface area contributed by atoms with Crippen LogP contribution in [0.1, 0.15) is 290 Å². The summed E-state index contributed by atoms with van der Waals surface area (Å²) in [5, 5.41) is 0. The second-order valence-electron chi connectivity index (χ2n) is 19.9. The second-order valence-corrected chi connectivity index (χ2v) is 19.9. The lowest BCUT2D eigenvalue weighted by Crippen LogP contribution is -2.30. The molecule has 0 aromatic carbocycles. The largest absolute Gasteiger partial charge is 0.462 e. The van der Waals surface area contributed by atoms with E-state index in [2.05, 4.69) is 106 Å². The number of allylic oxidation sites excluding steroid dienone is 14. The molecule has 0 aliphatic rings. The number of esters is 3. The molecule has 0 aromatic rings. The molecule has 6 heteroatoms. The van der Waals surface area contributed by atoms with Gasteiger partial charge in [0.15, 0.2) is 6.10 Å². The van der Waals surface area contributed by atoms with E-state index in [0.717, 1.165) is 109 Å². The van der Waals surface area contributed by atoms with Crippen LogP contribution in [0.5, 0.6) is 0 Å². The van der Waals surface area contributed by atoms with Gasteiger partial charge < -0.3 is 14.2 Å². The Hall–Kier alpha value is -3.41. The van der Waals surface area contributed by atoms with E-state index in [4.69, 9.17) is 14.2 Å². The topological polar surface area (TPSA) is 78.9 Å². The summed E-state index contributed by atoms with van der Waals surface area (Å²) in [6, 6.07) is 0. The van der Waals surface area contributed by atoms with Crippen molar-refractivity contribution < 1.29 is 28.6 Å². The summed E-state index contributed by atoms with van der Waals surface area (Å²) in [6.45, 7) is 6.49. The first-order valence-electron chi connectivity index (χ1n) is 30.1. The molecule has 0 heterocycles. The molecule has 0 aliphatic carbocycles. The highest BCUT2D eigenvalue weighted by molar-refractivity contribution is 5.71. The van der Waals surface area contributed by atoms with Gasteiger partial charge in [-0.1, -0.05) is 241 Å². The molecule has 0 fully saturated rings. The van der Waals surface area contributed by atoms with E-state index in [9.17, 15) is 14.4 Å². The first-order valence-corrected chi connectivity index (χ1v) is 30.1. The number of carbonyl (C=O) groups is 3. The predicted octanol–water partition coefficient (Wildman–Crippen LogP) is 20.3. The molecule has 0 bridgehead atoms. The molecule has 0 rings (SSSR count). The minimum absolute atomic E-state index is 0.0897. The van der Waals surface area contributed by atoms with Crippen molar-refractivity contribution in [2.24, 2.45) is 0 Å². The summed E-state index contributed by atoms with van der Waals surface area (Å²) in [4.78, 5) is 38.2. The van der Waals surface area contributed by atoms with E-state index in [1.807, 2.05) is 0 Å². The zero-order valence-corrected chi connectivity index (χ0v) is 46.7. The van der Waals surface area contributed by atoms with Gasteiger partial charge in [0.2, 0.25) is 0 Å². The molecule has 0 amide bonds. The number of ether oxygens (including phenoxy) is 3. The molecular weight excluding hydrogens is 877 g/mol. The maximum Gasteiger partial charge on any atom is 0.306 e. The van der Waals surface area contributed by atoms with E-state index in [1.54, 1.807) is 0 Å². The molecule has 0 aliphatic heterocycles. The second kappa shape index (κ2) is 59.2. The van der Waals surface area contributed by atoms with Crippen LogP contribution in [0.4, 0.5) is 0 Å². The molecule has 0 radical (unpaired) electrons. The van der Waals surface area contributed by atoms with E-state index >= 15 is 0 Å². The van der Waals surface area contributed by atoms with Crippen LogP contribution in [-0.4, -0.2) is 37.2 Å². The molecule has 0 aromatic heterocycles. The highest BCUT2D eigenvalue weighted by Gasteiger charge is 2.19. The standard InChI is InChI=1S/C65H112O6/c1-4-7-10-13-16-19-22-25-27-29-30-31-32-33-34-36-37-40-43-46-49-52-55-58-64(67)70-61-62(60-69-63(66)57-54-51-48-45-42-39-24-21-18-15-12-9-6-3)71-65(68)59-56-53-50-47-44-41-38-35-28-26-23-20-17-14-11-8-5-2/h8,11,17,20-22,24-26,28-30,38,41,62H,4-7,9-10,12-16,18-19,23,27,31-37,39-40,42-61H2,1-3H3/b11-8-,20-17-,24-21-,25-22-,28-26-,30-29-,41-38-. The highest BCUT2D eigenvalue weighted by Crippen LogP contribution is 2.15. The van der Waals surface area contributed by atoms with Crippen molar-refractivity contribution >= 4 is 17.9 Å². The van der Waals surface area contributed by atoms with Crippen molar-refractivity contribution in [3.8, 4) is 0 Å². The highest BCUT2D eigenvalue weighted by atomic mass is 16.6. The van der Waals surface area contributed by atoms with Gasteiger partial charge in [0.05, 0.1) is 0 Å². The van der Waals surface area contributed by atoms with Gasteiger partial charge in [-0.05, 0) is 116 Å². The maximum atomic E-state index is 12.9. The number of hydrogen-bond acceptors (Lipinski definition) is 6. The fraction of sp³-hybridized carbons (Fsp3) is 0.738. The normalized spacial score (nSPS) is 12.7. The van der Waals surface area contributed by atoms with Gasteiger partial charge in [0.25, 0.3) is 0 Å². The fourth-order valence-corrected chi connectivity index (χ4v) is 8.34. The smallest absolute Gasteiger partial charge is 0.306 e. The summed E-state index contributed by atoms with van der Waals surface area (Å²) in [5.74, 6) is -0.917. The number of hydrogen-bond donors (Lipinski definition) is 0. The monoisotopic (exact) mass is 989 g/mol. The molecule has 408 valence electrons. The lowest BCUT2D eigenvalue weighted by atomic mass is 10.0. The molecule has 0 saturated carbocycles. The molecular formula is C65H112O6.